The van der Waals surface area contributed by atoms with Crippen molar-refractivity contribution in [2.45, 2.75) is 133 Å². The molecule has 0 aliphatic carbocycles. The van der Waals surface area contributed by atoms with Crippen molar-refractivity contribution in [2.24, 2.45) is 23.2 Å². The molecule has 4 atom stereocenters. The van der Waals surface area contributed by atoms with Gasteiger partial charge in [0, 0.05) is 29.8 Å². The second-order valence-electron chi connectivity index (χ2n) is 14.1. The molecule has 9 heteroatoms. The monoisotopic (exact) mass is 652 g/mol. The number of imide groups is 1. The molecular weight excluding hydrogens is 592 g/mol. The number of aryl methyl sites for hydroxylation is 1. The molecular formula is C38H60N4O5. The number of hydrogen-bond donors (Lipinski definition) is 3. The largest absolute Gasteiger partial charge is 0.344 e. The fourth-order valence-electron chi connectivity index (χ4n) is 6.26. The Balaban J connectivity index is 1.83. The Kier molecular flexibility index (Phi) is 15.3. The average molecular weight is 653 g/mol. The van der Waals surface area contributed by atoms with Crippen molar-refractivity contribution in [1.82, 2.24) is 15.5 Å². The van der Waals surface area contributed by atoms with Crippen LogP contribution in [0.25, 0.3) is 0 Å². The fraction of sp³-hybridized carbons (Fsp3) is 0.658. The van der Waals surface area contributed by atoms with Gasteiger partial charge in [-0.25, -0.2) is 0 Å². The molecule has 0 saturated carbocycles. The van der Waals surface area contributed by atoms with Gasteiger partial charge in [-0.1, -0.05) is 74.4 Å². The summed E-state index contributed by atoms with van der Waals surface area (Å²) in [5.41, 5.74) is 2.90. The summed E-state index contributed by atoms with van der Waals surface area (Å²) in [4.78, 5) is 66.7. The van der Waals surface area contributed by atoms with Gasteiger partial charge in [-0.05, 0) is 92.7 Å². The summed E-state index contributed by atoms with van der Waals surface area (Å²) < 4.78 is 0. The summed E-state index contributed by atoms with van der Waals surface area (Å²) >= 11 is 0. The van der Waals surface area contributed by atoms with E-state index in [4.69, 9.17) is 0 Å². The third-order valence-electron chi connectivity index (χ3n) is 9.94. The topological polar surface area (TPSA) is 125 Å². The van der Waals surface area contributed by atoms with E-state index in [1.165, 1.54) is 10.5 Å². The van der Waals surface area contributed by atoms with Gasteiger partial charge in [0.15, 0.2) is 0 Å². The van der Waals surface area contributed by atoms with Gasteiger partial charge in [0.2, 0.25) is 17.7 Å². The van der Waals surface area contributed by atoms with E-state index in [0.29, 0.717) is 42.6 Å². The highest BCUT2D eigenvalue weighted by Gasteiger charge is 2.44. The second-order valence-corrected chi connectivity index (χ2v) is 14.1. The summed E-state index contributed by atoms with van der Waals surface area (Å²) in [7, 11) is 0. The third kappa shape index (κ3) is 10.8. The molecule has 47 heavy (non-hydrogen) atoms. The predicted octanol–water partition coefficient (Wildman–Crippen LogP) is 6.57. The van der Waals surface area contributed by atoms with Crippen LogP contribution in [0.4, 0.5) is 5.69 Å². The summed E-state index contributed by atoms with van der Waals surface area (Å²) in [6.07, 6.45) is 5.57. The number of carbonyl (C=O) groups excluding carboxylic acids is 5. The van der Waals surface area contributed by atoms with Gasteiger partial charge in [0.1, 0.15) is 12.1 Å². The molecule has 0 fully saturated rings. The van der Waals surface area contributed by atoms with E-state index in [1.54, 1.807) is 6.92 Å². The molecule has 1 aliphatic rings. The average Bonchev–Trinajstić information content (AvgIpc) is 3.29. The summed E-state index contributed by atoms with van der Waals surface area (Å²) in [6.45, 7) is 20.2. The maximum atomic E-state index is 13.4. The maximum Gasteiger partial charge on any atom is 0.257 e. The highest BCUT2D eigenvalue weighted by molar-refractivity contribution is 6.19. The van der Waals surface area contributed by atoms with E-state index in [0.717, 1.165) is 25.7 Å². The van der Waals surface area contributed by atoms with Crippen LogP contribution >= 0.6 is 0 Å². The van der Waals surface area contributed by atoms with Gasteiger partial charge >= 0.3 is 0 Å². The predicted molar refractivity (Wildman–Crippen MR) is 188 cm³/mol. The van der Waals surface area contributed by atoms with E-state index in [9.17, 15) is 24.0 Å². The Morgan fingerprint density at radius 3 is 1.91 bits per heavy atom. The first-order valence-corrected chi connectivity index (χ1v) is 17.7. The van der Waals surface area contributed by atoms with Crippen LogP contribution in [0.1, 0.15) is 120 Å². The van der Waals surface area contributed by atoms with Gasteiger partial charge in [-0.15, -0.1) is 0 Å². The minimum Gasteiger partial charge on any atom is -0.344 e. The first-order chi connectivity index (χ1) is 22.1. The van der Waals surface area contributed by atoms with Crippen LogP contribution in [0.3, 0.4) is 0 Å². The number of amides is 5. The normalized spacial score (nSPS) is 16.3. The molecule has 1 aliphatic heterocycles. The Labute approximate surface area is 283 Å². The highest BCUT2D eigenvalue weighted by Crippen LogP contribution is 2.42. The number of anilines is 1. The van der Waals surface area contributed by atoms with E-state index in [2.05, 4.69) is 57.5 Å². The molecule has 1 heterocycles. The van der Waals surface area contributed by atoms with Crippen molar-refractivity contribution in [3.05, 3.63) is 41.0 Å². The number of rotatable bonds is 19. The van der Waals surface area contributed by atoms with Crippen LogP contribution in [-0.4, -0.2) is 53.1 Å². The lowest BCUT2D eigenvalue weighted by Gasteiger charge is -2.29. The zero-order valence-corrected chi connectivity index (χ0v) is 30.5. The number of nitrogens with one attached hydrogen (secondary N) is 3. The molecule has 0 radical (unpaired) electrons. The van der Waals surface area contributed by atoms with Gasteiger partial charge in [-0.2, -0.15) is 0 Å². The number of hydrogen-bond acceptors (Lipinski definition) is 5. The number of benzene rings is 1. The number of nitrogens with zero attached hydrogens (tertiary/aromatic N) is 1. The molecule has 5 amide bonds. The molecule has 0 saturated heterocycles. The SMILES string of the molecule is CCC1=C(C(C)(CC)CC)C(=O)N(CCC(C)CC(C)CCC(=O)NC(C(=O)N[C@@H](C)C(=O)Nc2ccc(CC)cc2)C(C)C)C1=O. The van der Waals surface area contributed by atoms with Crippen LogP contribution in [0.2, 0.25) is 0 Å². The van der Waals surface area contributed by atoms with Crippen molar-refractivity contribution in [2.75, 3.05) is 11.9 Å². The van der Waals surface area contributed by atoms with Gasteiger partial charge in [-0.3, -0.25) is 28.9 Å². The van der Waals surface area contributed by atoms with Crippen LogP contribution < -0.4 is 16.0 Å². The first kappa shape index (κ1) is 39.7. The molecule has 0 spiro atoms. The van der Waals surface area contributed by atoms with Crippen LogP contribution in [0.15, 0.2) is 35.4 Å². The smallest absolute Gasteiger partial charge is 0.257 e. The molecule has 262 valence electrons. The Bertz CT molecular complexity index is 1280. The molecule has 0 bridgehead atoms. The Hall–Kier alpha value is -3.49. The molecule has 2 rings (SSSR count). The summed E-state index contributed by atoms with van der Waals surface area (Å²) in [5.74, 6) is -0.870. The number of carbonyl (C=O) groups is 5. The Morgan fingerprint density at radius 1 is 0.787 bits per heavy atom. The third-order valence-corrected chi connectivity index (χ3v) is 9.94. The molecule has 9 nitrogen and oxygen atoms in total. The quantitative estimate of drug-likeness (QED) is 0.146. The van der Waals surface area contributed by atoms with Crippen LogP contribution in [0, 0.1) is 23.2 Å². The first-order valence-electron chi connectivity index (χ1n) is 17.7. The molecule has 3 N–H and O–H groups in total. The zero-order valence-electron chi connectivity index (χ0n) is 30.5. The van der Waals surface area contributed by atoms with Crippen molar-refractivity contribution in [3.63, 3.8) is 0 Å². The van der Waals surface area contributed by atoms with Crippen molar-refractivity contribution in [1.29, 1.82) is 0 Å². The van der Waals surface area contributed by atoms with Gasteiger partial charge < -0.3 is 16.0 Å². The summed E-state index contributed by atoms with van der Waals surface area (Å²) in [6, 6.07) is 6.03. The molecule has 0 aromatic heterocycles. The molecule has 1 aromatic carbocycles. The molecule has 3 unspecified atom stereocenters. The lowest BCUT2D eigenvalue weighted by molar-refractivity contribution is -0.138. The van der Waals surface area contributed by atoms with E-state index >= 15 is 0 Å². The van der Waals surface area contributed by atoms with Crippen LogP contribution in [-0.2, 0) is 30.4 Å². The standard InChI is InChI=1S/C38H60N4O5/c1-11-28-16-18-29(19-17-28)40-34(44)27(9)39-35(45)33(24(5)6)41-31(43)20-15-25(7)23-26(8)21-22-42-36(46)30(12-2)32(37(42)47)38(10,13-3)14-4/h16-19,24-27,33H,11-15,20-23H2,1-10H3,(H,39,45)(H,40,44)(H,41,43)/t25?,26?,27-,33?/m0/s1. The van der Waals surface area contributed by atoms with Crippen molar-refractivity contribution < 1.29 is 24.0 Å². The lowest BCUT2D eigenvalue weighted by Crippen LogP contribution is -2.53. The maximum absolute atomic E-state index is 13.4. The highest BCUT2D eigenvalue weighted by atomic mass is 16.2. The minimum atomic E-state index is -0.780. The van der Waals surface area contributed by atoms with Crippen molar-refractivity contribution in [3.8, 4) is 0 Å². The Morgan fingerprint density at radius 2 is 1.38 bits per heavy atom. The van der Waals surface area contributed by atoms with E-state index < -0.39 is 18.0 Å². The molecule has 1 aromatic rings. The second kappa shape index (κ2) is 18.2. The minimum absolute atomic E-state index is 0.129. The van der Waals surface area contributed by atoms with Gasteiger partial charge in [0.25, 0.3) is 11.8 Å². The van der Waals surface area contributed by atoms with Crippen molar-refractivity contribution >= 4 is 35.2 Å². The van der Waals surface area contributed by atoms with Crippen LogP contribution in [0.5, 0.6) is 0 Å². The fourth-order valence-corrected chi connectivity index (χ4v) is 6.26. The lowest BCUT2D eigenvalue weighted by atomic mass is 9.75. The van der Waals surface area contributed by atoms with E-state index in [1.807, 2.05) is 45.0 Å². The zero-order chi connectivity index (χ0) is 35.5. The van der Waals surface area contributed by atoms with E-state index in [-0.39, 0.29) is 53.2 Å². The van der Waals surface area contributed by atoms with Gasteiger partial charge in [0.05, 0.1) is 0 Å². The summed E-state index contributed by atoms with van der Waals surface area (Å²) in [5, 5.41) is 8.44.